The van der Waals surface area contributed by atoms with Crippen molar-refractivity contribution in [1.29, 1.82) is 0 Å². The highest BCUT2D eigenvalue weighted by atomic mass is 16.2. The molecule has 1 spiro atoms. The van der Waals surface area contributed by atoms with Crippen LogP contribution in [0.15, 0.2) is 42.5 Å². The standard InChI is InChI=1S/C29H40N4O2/c1-20(2)26(31-27(34)25-18-21(3)17-22(4)30-25)28(35)33-15-12-29(13-16-33)11-14-32(5)19-24(29)23-9-7-6-8-10-23/h6-10,17-18,20,24,26H,11-16,19H2,1-5H3,(H,31,34)/t24?,26-/m1/s1. The van der Waals surface area contributed by atoms with Gasteiger partial charge in [-0.1, -0.05) is 44.2 Å². The molecule has 2 saturated heterocycles. The first kappa shape index (κ1) is 25.4. The van der Waals surface area contributed by atoms with Gasteiger partial charge in [-0.25, -0.2) is 4.98 Å². The largest absolute Gasteiger partial charge is 0.341 e. The van der Waals surface area contributed by atoms with Gasteiger partial charge in [0.15, 0.2) is 0 Å². The number of piperidine rings is 2. The van der Waals surface area contributed by atoms with Crippen molar-refractivity contribution in [3.05, 3.63) is 65.0 Å². The molecule has 4 rings (SSSR count). The highest BCUT2D eigenvalue weighted by molar-refractivity contribution is 5.96. The number of carbonyl (C=O) groups excluding carboxylic acids is 2. The van der Waals surface area contributed by atoms with E-state index in [4.69, 9.17) is 0 Å². The first-order valence-corrected chi connectivity index (χ1v) is 13.0. The predicted molar refractivity (Wildman–Crippen MR) is 139 cm³/mol. The van der Waals surface area contributed by atoms with Crippen LogP contribution in [0, 0.1) is 25.2 Å². The Morgan fingerprint density at radius 3 is 2.31 bits per heavy atom. The van der Waals surface area contributed by atoms with E-state index in [0.29, 0.717) is 11.6 Å². The summed E-state index contributed by atoms with van der Waals surface area (Å²) in [5, 5.41) is 3.00. The van der Waals surface area contributed by atoms with Crippen LogP contribution in [-0.4, -0.2) is 65.9 Å². The molecule has 2 atom stereocenters. The predicted octanol–water partition coefficient (Wildman–Crippen LogP) is 4.18. The molecule has 6 nitrogen and oxygen atoms in total. The van der Waals surface area contributed by atoms with Gasteiger partial charge < -0.3 is 15.1 Å². The molecule has 2 aliphatic heterocycles. The van der Waals surface area contributed by atoms with Gasteiger partial charge in [-0.2, -0.15) is 0 Å². The zero-order chi connectivity index (χ0) is 25.2. The van der Waals surface area contributed by atoms with Gasteiger partial charge in [-0.3, -0.25) is 9.59 Å². The third-order valence-corrected chi connectivity index (χ3v) is 8.05. The minimum absolute atomic E-state index is 0.00589. The second-order valence-corrected chi connectivity index (χ2v) is 11.0. The van der Waals surface area contributed by atoms with Gasteiger partial charge in [0.25, 0.3) is 5.91 Å². The smallest absolute Gasteiger partial charge is 0.270 e. The Morgan fingerprint density at radius 2 is 1.69 bits per heavy atom. The van der Waals surface area contributed by atoms with E-state index >= 15 is 0 Å². The van der Waals surface area contributed by atoms with Crippen molar-refractivity contribution < 1.29 is 9.59 Å². The summed E-state index contributed by atoms with van der Waals surface area (Å²) in [7, 11) is 2.21. The Bertz CT molecular complexity index is 1020. The van der Waals surface area contributed by atoms with Crippen molar-refractivity contribution in [2.75, 3.05) is 33.2 Å². The molecule has 35 heavy (non-hydrogen) atoms. The van der Waals surface area contributed by atoms with E-state index in [0.717, 1.165) is 56.7 Å². The van der Waals surface area contributed by atoms with Crippen molar-refractivity contribution in [3.8, 4) is 0 Å². The number of likely N-dealkylation sites (N-methyl/N-ethyl adjacent to an activating group) is 1. The molecule has 1 aromatic carbocycles. The molecule has 1 aromatic heterocycles. The molecule has 6 heteroatoms. The summed E-state index contributed by atoms with van der Waals surface area (Å²) in [5.74, 6) is 0.220. The summed E-state index contributed by atoms with van der Waals surface area (Å²) in [4.78, 5) is 35.4. The summed E-state index contributed by atoms with van der Waals surface area (Å²) in [5.41, 5.74) is 3.80. The van der Waals surface area contributed by atoms with E-state index in [1.54, 1.807) is 6.07 Å². The summed E-state index contributed by atoms with van der Waals surface area (Å²) in [6.45, 7) is 11.5. The molecule has 2 fully saturated rings. The second kappa shape index (κ2) is 10.5. The van der Waals surface area contributed by atoms with Gasteiger partial charge in [-0.15, -0.1) is 0 Å². The van der Waals surface area contributed by atoms with Gasteiger partial charge in [0.05, 0.1) is 0 Å². The molecule has 3 heterocycles. The summed E-state index contributed by atoms with van der Waals surface area (Å²) >= 11 is 0. The minimum Gasteiger partial charge on any atom is -0.341 e. The molecule has 0 aliphatic carbocycles. The van der Waals surface area contributed by atoms with Crippen LogP contribution in [0.3, 0.4) is 0 Å². The molecule has 2 aromatic rings. The molecule has 188 valence electrons. The number of hydrogen-bond acceptors (Lipinski definition) is 4. The third kappa shape index (κ3) is 5.58. The van der Waals surface area contributed by atoms with Crippen LogP contribution in [0.1, 0.15) is 66.3 Å². The average Bonchev–Trinajstić information content (AvgIpc) is 2.84. The van der Waals surface area contributed by atoms with Crippen LogP contribution in [0.25, 0.3) is 0 Å². The number of pyridine rings is 1. The van der Waals surface area contributed by atoms with Crippen LogP contribution >= 0.6 is 0 Å². The number of rotatable bonds is 5. The highest BCUT2D eigenvalue weighted by Gasteiger charge is 2.46. The van der Waals surface area contributed by atoms with Crippen molar-refractivity contribution >= 4 is 11.8 Å². The molecule has 2 aliphatic rings. The second-order valence-electron chi connectivity index (χ2n) is 11.0. The summed E-state index contributed by atoms with van der Waals surface area (Å²) < 4.78 is 0. The lowest BCUT2D eigenvalue weighted by Gasteiger charge is -2.52. The van der Waals surface area contributed by atoms with Gasteiger partial charge in [-0.05, 0) is 81.3 Å². The highest BCUT2D eigenvalue weighted by Crippen LogP contribution is 2.49. The van der Waals surface area contributed by atoms with E-state index < -0.39 is 6.04 Å². The number of carbonyl (C=O) groups is 2. The first-order chi connectivity index (χ1) is 16.7. The van der Waals surface area contributed by atoms with Gasteiger partial charge >= 0.3 is 0 Å². The van der Waals surface area contributed by atoms with Crippen molar-refractivity contribution in [1.82, 2.24) is 20.1 Å². The lowest BCUT2D eigenvalue weighted by atomic mass is 9.62. The van der Waals surface area contributed by atoms with Crippen molar-refractivity contribution in [2.24, 2.45) is 11.3 Å². The van der Waals surface area contributed by atoms with Crippen LogP contribution in [0.2, 0.25) is 0 Å². The SMILES string of the molecule is Cc1cc(C)nc(C(=O)N[C@@H](C(=O)N2CCC3(CCN(C)CC3c3ccccc3)CC2)C(C)C)c1. The maximum atomic E-state index is 13.6. The quantitative estimate of drug-likeness (QED) is 0.703. The number of nitrogens with one attached hydrogen (secondary N) is 1. The van der Waals surface area contributed by atoms with E-state index in [1.165, 1.54) is 5.56 Å². The van der Waals surface area contributed by atoms with Gasteiger partial charge in [0.1, 0.15) is 11.7 Å². The zero-order valence-corrected chi connectivity index (χ0v) is 21.9. The summed E-state index contributed by atoms with van der Waals surface area (Å²) in [6.07, 6.45) is 3.17. The number of benzene rings is 1. The molecule has 2 amide bonds. The summed E-state index contributed by atoms with van der Waals surface area (Å²) in [6, 6.07) is 14.0. The molecule has 0 radical (unpaired) electrons. The fraction of sp³-hybridized carbons (Fsp3) is 0.552. The van der Waals surface area contributed by atoms with Gasteiger partial charge in [0.2, 0.25) is 5.91 Å². The zero-order valence-electron chi connectivity index (χ0n) is 21.9. The number of amides is 2. The van der Waals surface area contributed by atoms with E-state index in [9.17, 15) is 9.59 Å². The van der Waals surface area contributed by atoms with Crippen molar-refractivity contribution in [3.63, 3.8) is 0 Å². The lowest BCUT2D eigenvalue weighted by Crippen LogP contribution is -2.56. The van der Waals surface area contributed by atoms with Crippen LogP contribution < -0.4 is 5.32 Å². The third-order valence-electron chi connectivity index (χ3n) is 8.05. The Morgan fingerprint density at radius 1 is 1.03 bits per heavy atom. The number of hydrogen-bond donors (Lipinski definition) is 1. The molecule has 0 bridgehead atoms. The molecular formula is C29H40N4O2. The fourth-order valence-electron chi connectivity index (χ4n) is 5.98. The Kier molecular flexibility index (Phi) is 7.60. The average molecular weight is 477 g/mol. The first-order valence-electron chi connectivity index (χ1n) is 13.0. The van der Waals surface area contributed by atoms with E-state index in [-0.39, 0.29) is 23.1 Å². The van der Waals surface area contributed by atoms with Crippen LogP contribution in [0.5, 0.6) is 0 Å². The normalized spacial score (nSPS) is 21.2. The van der Waals surface area contributed by atoms with Crippen molar-refractivity contribution in [2.45, 2.75) is 58.9 Å². The van der Waals surface area contributed by atoms with Gasteiger partial charge in [0, 0.05) is 31.2 Å². The molecular weight excluding hydrogens is 436 g/mol. The topological polar surface area (TPSA) is 65.5 Å². The maximum Gasteiger partial charge on any atom is 0.270 e. The minimum atomic E-state index is -0.554. The van der Waals surface area contributed by atoms with E-state index in [2.05, 4.69) is 52.6 Å². The maximum absolute atomic E-state index is 13.6. The molecule has 0 saturated carbocycles. The van der Waals surface area contributed by atoms with Crippen LogP contribution in [-0.2, 0) is 4.79 Å². The number of aromatic nitrogens is 1. The lowest BCUT2D eigenvalue weighted by molar-refractivity contribution is -0.137. The number of aryl methyl sites for hydroxylation is 2. The number of nitrogens with zero attached hydrogens (tertiary/aromatic N) is 3. The van der Waals surface area contributed by atoms with Crippen LogP contribution in [0.4, 0.5) is 0 Å². The Hall–Kier alpha value is -2.73. The molecule has 1 N–H and O–H groups in total. The Balaban J connectivity index is 1.46. The Labute approximate surface area is 210 Å². The van der Waals surface area contributed by atoms with E-state index in [1.807, 2.05) is 38.7 Å². The number of likely N-dealkylation sites (tertiary alicyclic amines) is 2. The molecule has 1 unspecified atom stereocenters. The fourth-order valence-corrected chi connectivity index (χ4v) is 5.98. The monoisotopic (exact) mass is 476 g/mol.